The topological polar surface area (TPSA) is 61.6 Å². The maximum atomic E-state index is 4.63. The summed E-state index contributed by atoms with van der Waals surface area (Å²) in [5.41, 5.74) is 1.98. The van der Waals surface area contributed by atoms with Crippen LogP contribution in [0.15, 0.2) is 42.7 Å². The molecule has 7 heteroatoms. The van der Waals surface area contributed by atoms with Crippen molar-refractivity contribution >= 4 is 11.6 Å². The van der Waals surface area contributed by atoms with E-state index in [9.17, 15) is 0 Å². The number of nitrogens with zero attached hydrogens (tertiary/aromatic N) is 6. The maximum Gasteiger partial charge on any atom is 0.254 e. The number of benzene rings is 1. The lowest BCUT2D eigenvalue weighted by molar-refractivity contribution is 0.151. The number of rotatable bonds is 5. The second kappa shape index (κ2) is 7.39. The molecule has 1 fully saturated rings. The maximum absolute atomic E-state index is 4.63. The molecule has 1 unspecified atom stereocenters. The lowest BCUT2D eigenvalue weighted by atomic mass is 10.1. The minimum absolute atomic E-state index is 0.303. The number of piperazine rings is 1. The van der Waals surface area contributed by atoms with Gasteiger partial charge in [0.05, 0.1) is 5.69 Å². The highest BCUT2D eigenvalue weighted by atomic mass is 15.4. The molecule has 3 aromatic rings. The highest BCUT2D eigenvalue weighted by molar-refractivity contribution is 5.65. The average molecular weight is 351 g/mol. The fourth-order valence-corrected chi connectivity index (χ4v) is 3.39. The van der Waals surface area contributed by atoms with Gasteiger partial charge in [0.2, 0.25) is 0 Å². The predicted octanol–water partition coefficient (Wildman–Crippen LogP) is 1.84. The van der Waals surface area contributed by atoms with Gasteiger partial charge in [0.1, 0.15) is 12.1 Å². The molecule has 2 aromatic heterocycles. The van der Waals surface area contributed by atoms with Gasteiger partial charge in [-0.15, -0.1) is 0 Å². The number of hydrogen-bond donors (Lipinski definition) is 1. The van der Waals surface area contributed by atoms with Gasteiger partial charge >= 0.3 is 0 Å². The third kappa shape index (κ3) is 3.68. The van der Waals surface area contributed by atoms with Crippen LogP contribution in [-0.4, -0.2) is 75.2 Å². The molecule has 1 aromatic carbocycles. The van der Waals surface area contributed by atoms with E-state index in [1.165, 1.54) is 0 Å². The zero-order valence-electron chi connectivity index (χ0n) is 15.3. The van der Waals surface area contributed by atoms with Crippen LogP contribution in [-0.2, 0) is 0 Å². The number of fused-ring (bicyclic) bond motifs is 1. The first kappa shape index (κ1) is 16.9. The lowest BCUT2D eigenvalue weighted by Gasteiger charge is -2.34. The summed E-state index contributed by atoms with van der Waals surface area (Å²) in [6.07, 6.45) is 1.55. The van der Waals surface area contributed by atoms with Crippen LogP contribution in [0.5, 0.6) is 0 Å². The Hall–Kier alpha value is -2.51. The largest absolute Gasteiger partial charge is 0.366 e. The summed E-state index contributed by atoms with van der Waals surface area (Å²) in [6.45, 7) is 7.72. The van der Waals surface area contributed by atoms with Crippen LogP contribution >= 0.6 is 0 Å². The van der Waals surface area contributed by atoms with E-state index in [0.29, 0.717) is 11.8 Å². The first-order valence-corrected chi connectivity index (χ1v) is 9.13. The van der Waals surface area contributed by atoms with Crippen molar-refractivity contribution < 1.29 is 0 Å². The normalized spacial score (nSPS) is 17.5. The highest BCUT2D eigenvalue weighted by Crippen LogP contribution is 2.21. The molecule has 1 saturated heterocycles. The summed E-state index contributed by atoms with van der Waals surface area (Å²) < 4.78 is 1.77. The molecule has 1 aliphatic heterocycles. The SMILES string of the molecule is CC(CN1CCN(C)CC1)Nc1cc(-c2ccccc2)nc2ncnn12. The van der Waals surface area contributed by atoms with Crippen LogP contribution in [0.3, 0.4) is 0 Å². The van der Waals surface area contributed by atoms with E-state index in [4.69, 9.17) is 0 Å². The van der Waals surface area contributed by atoms with Crippen LogP contribution in [0, 0.1) is 0 Å². The average Bonchev–Trinajstić information content (AvgIpc) is 3.13. The number of hydrogen-bond acceptors (Lipinski definition) is 6. The Morgan fingerprint density at radius 2 is 1.88 bits per heavy atom. The Balaban J connectivity index is 1.54. The third-order valence-corrected chi connectivity index (χ3v) is 4.84. The molecule has 0 saturated carbocycles. The van der Waals surface area contributed by atoms with Crippen molar-refractivity contribution in [3.05, 3.63) is 42.7 Å². The molecule has 7 nitrogen and oxygen atoms in total. The predicted molar refractivity (Wildman–Crippen MR) is 103 cm³/mol. The van der Waals surface area contributed by atoms with Gasteiger partial charge in [-0.05, 0) is 14.0 Å². The summed E-state index contributed by atoms with van der Waals surface area (Å²) in [5.74, 6) is 1.54. The quantitative estimate of drug-likeness (QED) is 0.757. The van der Waals surface area contributed by atoms with E-state index in [-0.39, 0.29) is 0 Å². The molecule has 0 amide bonds. The van der Waals surface area contributed by atoms with Gasteiger partial charge in [0.15, 0.2) is 0 Å². The highest BCUT2D eigenvalue weighted by Gasteiger charge is 2.17. The van der Waals surface area contributed by atoms with Crippen LogP contribution in [0.4, 0.5) is 5.82 Å². The summed E-state index contributed by atoms with van der Waals surface area (Å²) in [4.78, 5) is 13.8. The third-order valence-electron chi connectivity index (χ3n) is 4.84. The smallest absolute Gasteiger partial charge is 0.254 e. The first-order chi connectivity index (χ1) is 12.7. The zero-order chi connectivity index (χ0) is 17.9. The van der Waals surface area contributed by atoms with Gasteiger partial charge in [-0.25, -0.2) is 4.98 Å². The molecule has 4 rings (SSSR count). The van der Waals surface area contributed by atoms with Gasteiger partial charge < -0.3 is 10.2 Å². The lowest BCUT2D eigenvalue weighted by Crippen LogP contribution is -2.47. The molecular weight excluding hydrogens is 326 g/mol. The van der Waals surface area contributed by atoms with E-state index in [1.807, 2.05) is 18.2 Å². The zero-order valence-corrected chi connectivity index (χ0v) is 15.3. The number of anilines is 1. The van der Waals surface area contributed by atoms with Crippen molar-refractivity contribution in [3.63, 3.8) is 0 Å². The Bertz CT molecular complexity index is 853. The molecule has 0 bridgehead atoms. The molecule has 0 radical (unpaired) electrons. The Kier molecular flexibility index (Phi) is 4.81. The van der Waals surface area contributed by atoms with Gasteiger partial charge in [0, 0.05) is 50.4 Å². The van der Waals surface area contributed by atoms with Crippen molar-refractivity contribution in [1.29, 1.82) is 0 Å². The molecule has 0 aliphatic carbocycles. The van der Waals surface area contributed by atoms with Crippen LogP contribution in [0.25, 0.3) is 17.0 Å². The van der Waals surface area contributed by atoms with Gasteiger partial charge in [0.25, 0.3) is 5.78 Å². The van der Waals surface area contributed by atoms with E-state index >= 15 is 0 Å². The van der Waals surface area contributed by atoms with Crippen molar-refractivity contribution in [1.82, 2.24) is 29.4 Å². The molecule has 1 aliphatic rings. The molecular formula is C19H25N7. The molecule has 136 valence electrons. The van der Waals surface area contributed by atoms with Gasteiger partial charge in [-0.2, -0.15) is 14.6 Å². The molecule has 1 atom stereocenters. The summed E-state index contributed by atoms with van der Waals surface area (Å²) in [5, 5.41) is 7.93. The minimum Gasteiger partial charge on any atom is -0.366 e. The van der Waals surface area contributed by atoms with Crippen molar-refractivity contribution in [2.45, 2.75) is 13.0 Å². The van der Waals surface area contributed by atoms with Crippen LogP contribution < -0.4 is 5.32 Å². The van der Waals surface area contributed by atoms with Crippen molar-refractivity contribution in [2.75, 3.05) is 45.1 Å². The number of likely N-dealkylation sites (N-methyl/N-ethyl adjacent to an activating group) is 1. The van der Waals surface area contributed by atoms with Gasteiger partial charge in [-0.1, -0.05) is 30.3 Å². The van der Waals surface area contributed by atoms with Crippen LogP contribution in [0.1, 0.15) is 6.92 Å². The van der Waals surface area contributed by atoms with E-state index in [1.54, 1.807) is 10.8 Å². The van der Waals surface area contributed by atoms with Crippen molar-refractivity contribution in [2.24, 2.45) is 0 Å². The summed E-state index contributed by atoms with van der Waals surface area (Å²) in [7, 11) is 2.18. The van der Waals surface area contributed by atoms with E-state index < -0.39 is 0 Å². The van der Waals surface area contributed by atoms with E-state index in [2.05, 4.69) is 62.4 Å². The molecule has 3 heterocycles. The first-order valence-electron chi connectivity index (χ1n) is 9.13. The monoisotopic (exact) mass is 351 g/mol. The fourth-order valence-electron chi connectivity index (χ4n) is 3.39. The summed E-state index contributed by atoms with van der Waals surface area (Å²) >= 11 is 0. The Labute approximate surface area is 153 Å². The second-order valence-electron chi connectivity index (χ2n) is 7.01. The molecule has 1 N–H and O–H groups in total. The van der Waals surface area contributed by atoms with Gasteiger partial charge in [-0.3, -0.25) is 4.90 Å². The Morgan fingerprint density at radius 1 is 1.12 bits per heavy atom. The van der Waals surface area contributed by atoms with Crippen LogP contribution in [0.2, 0.25) is 0 Å². The number of aromatic nitrogens is 4. The second-order valence-corrected chi connectivity index (χ2v) is 7.01. The Morgan fingerprint density at radius 3 is 2.65 bits per heavy atom. The fraction of sp³-hybridized carbons (Fsp3) is 0.421. The standard InChI is InChI=1S/C19H25N7/c1-15(13-25-10-8-24(2)9-11-25)22-18-12-17(16-6-4-3-5-7-16)23-19-20-14-21-26(18)19/h3-7,12,14-15,22H,8-11,13H2,1-2H3. The number of nitrogens with one attached hydrogen (secondary N) is 1. The van der Waals surface area contributed by atoms with E-state index in [0.717, 1.165) is 49.8 Å². The van der Waals surface area contributed by atoms with Crippen molar-refractivity contribution in [3.8, 4) is 11.3 Å². The minimum atomic E-state index is 0.303. The molecule has 0 spiro atoms. The molecule has 26 heavy (non-hydrogen) atoms. The summed E-state index contributed by atoms with van der Waals surface area (Å²) in [6, 6.07) is 12.5.